The lowest BCUT2D eigenvalue weighted by molar-refractivity contribution is -0.137. The van der Waals surface area contributed by atoms with Crippen LogP contribution in [0.15, 0.2) is 40.9 Å². The normalized spacial score (nSPS) is 11.9. The third-order valence-corrected chi connectivity index (χ3v) is 4.94. The second kappa shape index (κ2) is 8.47. The van der Waals surface area contributed by atoms with Gasteiger partial charge >= 0.3 is 0 Å². The molecular formula is C23H27N3O3. The summed E-state index contributed by atoms with van der Waals surface area (Å²) in [5.41, 5.74) is 5.32. The number of hydrogen-bond donors (Lipinski definition) is 0. The highest BCUT2D eigenvalue weighted by atomic mass is 16.5. The zero-order chi connectivity index (χ0) is 21.1. The third-order valence-electron chi connectivity index (χ3n) is 4.94. The average Bonchev–Trinajstić information content (AvgIpc) is 3.14. The number of ether oxygens (including phenoxy) is 1. The molecular weight excluding hydrogens is 366 g/mol. The lowest BCUT2D eigenvalue weighted by Gasteiger charge is -2.22. The molecule has 6 nitrogen and oxygen atoms in total. The van der Waals surface area contributed by atoms with Gasteiger partial charge in [-0.2, -0.15) is 4.98 Å². The highest BCUT2D eigenvalue weighted by Crippen LogP contribution is 2.25. The lowest BCUT2D eigenvalue weighted by Crippen LogP contribution is -2.37. The maximum absolute atomic E-state index is 12.8. The van der Waals surface area contributed by atoms with Gasteiger partial charge in [0.1, 0.15) is 5.75 Å². The Morgan fingerprint density at radius 1 is 1.10 bits per heavy atom. The molecule has 0 aliphatic carbocycles. The molecule has 0 saturated heterocycles. The Balaban J connectivity index is 1.65. The van der Waals surface area contributed by atoms with Crippen molar-refractivity contribution in [3.8, 4) is 17.1 Å². The van der Waals surface area contributed by atoms with Crippen LogP contribution in [0, 0.1) is 27.7 Å². The maximum Gasteiger partial charge on any atom is 0.263 e. The molecule has 6 heteroatoms. The molecule has 29 heavy (non-hydrogen) atoms. The number of aromatic nitrogens is 2. The molecule has 3 aromatic rings. The lowest BCUT2D eigenvalue weighted by atomic mass is 10.1. The minimum absolute atomic E-state index is 0.154. The molecule has 152 valence electrons. The van der Waals surface area contributed by atoms with Gasteiger partial charge < -0.3 is 14.2 Å². The van der Waals surface area contributed by atoms with E-state index in [0.717, 1.165) is 33.6 Å². The predicted molar refractivity (Wildman–Crippen MR) is 112 cm³/mol. The molecule has 0 radical (unpaired) electrons. The monoisotopic (exact) mass is 393 g/mol. The van der Waals surface area contributed by atoms with Crippen LogP contribution in [0.1, 0.15) is 35.1 Å². The average molecular weight is 393 g/mol. The molecule has 1 amide bonds. The molecule has 1 unspecified atom stereocenters. The zero-order valence-electron chi connectivity index (χ0n) is 17.8. The van der Waals surface area contributed by atoms with Gasteiger partial charge in [0.15, 0.2) is 6.10 Å². The first-order valence-corrected chi connectivity index (χ1v) is 9.63. The number of carbonyl (C=O) groups is 1. The molecule has 2 aromatic carbocycles. The minimum atomic E-state index is -0.626. The molecule has 0 spiro atoms. The van der Waals surface area contributed by atoms with Crippen LogP contribution in [-0.2, 0) is 11.3 Å². The van der Waals surface area contributed by atoms with Crippen LogP contribution >= 0.6 is 0 Å². The van der Waals surface area contributed by atoms with Crippen LogP contribution in [0.4, 0.5) is 0 Å². The highest BCUT2D eigenvalue weighted by molar-refractivity contribution is 5.80. The van der Waals surface area contributed by atoms with E-state index < -0.39 is 6.10 Å². The van der Waals surface area contributed by atoms with E-state index in [-0.39, 0.29) is 12.5 Å². The van der Waals surface area contributed by atoms with Crippen LogP contribution in [-0.4, -0.2) is 34.1 Å². The van der Waals surface area contributed by atoms with Crippen molar-refractivity contribution >= 4 is 5.91 Å². The Kier molecular flexibility index (Phi) is 6.01. The SMILES string of the molecule is Cc1ccc(-c2noc(CN(C)C(=O)C(C)Oc3cc(C)cc(C)c3C)n2)cc1. The van der Waals surface area contributed by atoms with Gasteiger partial charge in [-0.05, 0) is 57.4 Å². The fourth-order valence-corrected chi connectivity index (χ4v) is 3.09. The van der Waals surface area contributed by atoms with Gasteiger partial charge in [-0.15, -0.1) is 0 Å². The topological polar surface area (TPSA) is 68.5 Å². The van der Waals surface area contributed by atoms with Gasteiger partial charge in [0, 0.05) is 12.6 Å². The van der Waals surface area contributed by atoms with Gasteiger partial charge in [-0.25, -0.2) is 0 Å². The molecule has 1 aromatic heterocycles. The Labute approximate surface area is 171 Å². The quantitative estimate of drug-likeness (QED) is 0.621. The second-order valence-electron chi connectivity index (χ2n) is 7.54. The molecule has 0 fully saturated rings. The molecule has 3 rings (SSSR count). The summed E-state index contributed by atoms with van der Waals surface area (Å²) in [5, 5.41) is 4.02. The van der Waals surface area contributed by atoms with E-state index in [4.69, 9.17) is 9.26 Å². The fraction of sp³-hybridized carbons (Fsp3) is 0.348. The molecule has 0 saturated carbocycles. The number of rotatable bonds is 6. The predicted octanol–water partition coefficient (Wildman–Crippen LogP) is 4.40. The molecule has 0 aliphatic rings. The van der Waals surface area contributed by atoms with Gasteiger partial charge in [0.2, 0.25) is 11.7 Å². The number of aryl methyl sites for hydroxylation is 3. The number of carbonyl (C=O) groups excluding carboxylic acids is 1. The summed E-state index contributed by atoms with van der Waals surface area (Å²) in [6.45, 7) is 10.0. The second-order valence-corrected chi connectivity index (χ2v) is 7.54. The zero-order valence-corrected chi connectivity index (χ0v) is 17.8. The van der Waals surface area contributed by atoms with Gasteiger partial charge in [0.25, 0.3) is 5.91 Å². The van der Waals surface area contributed by atoms with Crippen molar-refractivity contribution in [3.63, 3.8) is 0 Å². The van der Waals surface area contributed by atoms with E-state index in [2.05, 4.69) is 16.2 Å². The van der Waals surface area contributed by atoms with Crippen molar-refractivity contribution in [2.45, 2.75) is 47.3 Å². The van der Waals surface area contributed by atoms with Crippen molar-refractivity contribution in [3.05, 3.63) is 64.5 Å². The Hall–Kier alpha value is -3.15. The summed E-state index contributed by atoms with van der Waals surface area (Å²) in [5.74, 6) is 1.47. The summed E-state index contributed by atoms with van der Waals surface area (Å²) in [6.07, 6.45) is -0.626. The van der Waals surface area contributed by atoms with E-state index in [1.54, 1.807) is 14.0 Å². The summed E-state index contributed by atoms with van der Waals surface area (Å²) in [7, 11) is 1.70. The van der Waals surface area contributed by atoms with Crippen molar-refractivity contribution in [1.29, 1.82) is 0 Å². The minimum Gasteiger partial charge on any atom is -0.481 e. The largest absolute Gasteiger partial charge is 0.481 e. The summed E-state index contributed by atoms with van der Waals surface area (Å²) >= 11 is 0. The first kappa shape index (κ1) is 20.6. The Morgan fingerprint density at radius 3 is 2.48 bits per heavy atom. The first-order valence-electron chi connectivity index (χ1n) is 9.63. The Bertz CT molecular complexity index is 1010. The van der Waals surface area contributed by atoms with Crippen LogP contribution < -0.4 is 4.74 Å². The van der Waals surface area contributed by atoms with Gasteiger partial charge in [-0.1, -0.05) is 41.1 Å². The van der Waals surface area contributed by atoms with E-state index in [1.807, 2.05) is 58.0 Å². The van der Waals surface area contributed by atoms with Crippen molar-refractivity contribution in [2.75, 3.05) is 7.05 Å². The number of likely N-dealkylation sites (N-methyl/N-ethyl adjacent to an activating group) is 1. The van der Waals surface area contributed by atoms with Crippen LogP contribution in [0.25, 0.3) is 11.4 Å². The van der Waals surface area contributed by atoms with Gasteiger partial charge in [0.05, 0.1) is 6.54 Å². The summed E-state index contributed by atoms with van der Waals surface area (Å²) in [6, 6.07) is 11.9. The third kappa shape index (κ3) is 4.83. The van der Waals surface area contributed by atoms with Crippen LogP contribution in [0.2, 0.25) is 0 Å². The molecule has 0 N–H and O–H groups in total. The smallest absolute Gasteiger partial charge is 0.263 e. The Morgan fingerprint density at radius 2 is 1.79 bits per heavy atom. The van der Waals surface area contributed by atoms with Crippen LogP contribution in [0.5, 0.6) is 5.75 Å². The number of benzene rings is 2. The fourth-order valence-electron chi connectivity index (χ4n) is 3.09. The summed E-state index contributed by atoms with van der Waals surface area (Å²) in [4.78, 5) is 18.7. The highest BCUT2D eigenvalue weighted by Gasteiger charge is 2.22. The number of hydrogen-bond acceptors (Lipinski definition) is 5. The molecule has 0 aliphatic heterocycles. The van der Waals surface area contributed by atoms with E-state index in [9.17, 15) is 4.79 Å². The standard InChI is InChI=1S/C23H27N3O3/c1-14-7-9-19(10-8-14)22-24-21(29-25-22)13-26(6)23(27)18(5)28-20-12-15(2)11-16(3)17(20)4/h7-12,18H,13H2,1-6H3. The van der Waals surface area contributed by atoms with Crippen molar-refractivity contribution in [1.82, 2.24) is 15.0 Å². The van der Waals surface area contributed by atoms with Crippen LogP contribution in [0.3, 0.4) is 0 Å². The molecule has 1 atom stereocenters. The van der Waals surface area contributed by atoms with E-state index >= 15 is 0 Å². The van der Waals surface area contributed by atoms with Crippen molar-refractivity contribution < 1.29 is 14.1 Å². The van der Waals surface area contributed by atoms with Crippen molar-refractivity contribution in [2.24, 2.45) is 0 Å². The van der Waals surface area contributed by atoms with E-state index in [1.165, 1.54) is 4.90 Å². The van der Waals surface area contributed by atoms with E-state index in [0.29, 0.717) is 11.7 Å². The summed E-state index contributed by atoms with van der Waals surface area (Å²) < 4.78 is 11.3. The molecule has 0 bridgehead atoms. The molecule has 1 heterocycles. The number of amides is 1. The first-order chi connectivity index (χ1) is 13.7. The van der Waals surface area contributed by atoms with Gasteiger partial charge in [-0.3, -0.25) is 4.79 Å². The maximum atomic E-state index is 12.8. The number of nitrogens with zero attached hydrogens (tertiary/aromatic N) is 3.